The molecule has 0 aliphatic heterocycles. The van der Waals surface area contributed by atoms with Crippen molar-refractivity contribution in [2.24, 2.45) is 0 Å². The molecule has 162 valence electrons. The van der Waals surface area contributed by atoms with Gasteiger partial charge in [-0.15, -0.1) is 22.7 Å². The summed E-state index contributed by atoms with van der Waals surface area (Å²) in [5.41, 5.74) is 3.21. The molecule has 5 nitrogen and oxygen atoms in total. The number of amides is 1. The van der Waals surface area contributed by atoms with Crippen molar-refractivity contribution in [3.63, 3.8) is 0 Å². The van der Waals surface area contributed by atoms with Gasteiger partial charge < -0.3 is 5.32 Å². The lowest BCUT2D eigenvalue weighted by molar-refractivity contribution is -0.125. The van der Waals surface area contributed by atoms with Gasteiger partial charge in [0.15, 0.2) is 5.78 Å². The van der Waals surface area contributed by atoms with E-state index in [1.165, 1.54) is 11.3 Å². The zero-order valence-electron chi connectivity index (χ0n) is 17.8. The molecule has 0 radical (unpaired) electrons. The smallest absolute Gasteiger partial charge is 0.220 e. The van der Waals surface area contributed by atoms with Crippen molar-refractivity contribution < 1.29 is 14.4 Å². The van der Waals surface area contributed by atoms with Crippen LogP contribution in [0.15, 0.2) is 41.8 Å². The Morgan fingerprint density at radius 1 is 0.935 bits per heavy atom. The van der Waals surface area contributed by atoms with E-state index in [2.05, 4.69) is 10.3 Å². The molecule has 0 aliphatic carbocycles. The third-order valence-electron chi connectivity index (χ3n) is 4.88. The van der Waals surface area contributed by atoms with Gasteiger partial charge in [0.25, 0.3) is 0 Å². The van der Waals surface area contributed by atoms with Crippen molar-refractivity contribution in [1.82, 2.24) is 10.3 Å². The maximum Gasteiger partial charge on any atom is 0.220 e. The largest absolute Gasteiger partial charge is 0.356 e. The van der Waals surface area contributed by atoms with Crippen LogP contribution in [0, 0.1) is 13.8 Å². The fourth-order valence-corrected chi connectivity index (χ4v) is 4.57. The van der Waals surface area contributed by atoms with Gasteiger partial charge in [0.2, 0.25) is 5.91 Å². The molecule has 0 atom stereocenters. The van der Waals surface area contributed by atoms with Gasteiger partial charge in [-0.3, -0.25) is 14.4 Å². The van der Waals surface area contributed by atoms with Crippen molar-refractivity contribution in [1.29, 1.82) is 0 Å². The fraction of sp³-hybridized carbons (Fsp3) is 0.333. The average Bonchev–Trinajstić information content (AvgIpc) is 3.39. The molecule has 0 spiro atoms. The molecular weight excluding hydrogens is 428 g/mol. The van der Waals surface area contributed by atoms with Crippen LogP contribution in [0.2, 0.25) is 0 Å². The molecule has 0 saturated carbocycles. The molecular formula is C24H26N2O3S2. The van der Waals surface area contributed by atoms with E-state index in [1.807, 2.05) is 49.6 Å². The monoisotopic (exact) mass is 454 g/mol. The summed E-state index contributed by atoms with van der Waals surface area (Å²) < 4.78 is 0. The van der Waals surface area contributed by atoms with E-state index >= 15 is 0 Å². The SMILES string of the molecule is Cc1ccc(C(=O)CCC(=O)CCC(=O)NCCc2ccc(-c3csc(C)n3)cc2)s1. The molecule has 31 heavy (non-hydrogen) atoms. The molecule has 3 rings (SSSR count). The Hall–Kier alpha value is -2.64. The van der Waals surface area contributed by atoms with Crippen LogP contribution < -0.4 is 5.32 Å². The number of thiophene rings is 1. The van der Waals surface area contributed by atoms with Crippen LogP contribution in [0.25, 0.3) is 11.3 Å². The van der Waals surface area contributed by atoms with Gasteiger partial charge in [-0.05, 0) is 38.0 Å². The van der Waals surface area contributed by atoms with E-state index in [0.717, 1.165) is 33.1 Å². The van der Waals surface area contributed by atoms with Crippen LogP contribution in [0.1, 0.15) is 50.8 Å². The van der Waals surface area contributed by atoms with E-state index in [9.17, 15) is 14.4 Å². The summed E-state index contributed by atoms with van der Waals surface area (Å²) in [4.78, 5) is 42.3. The highest BCUT2D eigenvalue weighted by atomic mass is 32.1. The van der Waals surface area contributed by atoms with Gasteiger partial charge in [0.1, 0.15) is 5.78 Å². The van der Waals surface area contributed by atoms with Crippen LogP contribution >= 0.6 is 22.7 Å². The predicted molar refractivity (Wildman–Crippen MR) is 126 cm³/mol. The minimum atomic E-state index is -0.136. The van der Waals surface area contributed by atoms with Crippen LogP contribution in [-0.4, -0.2) is 29.0 Å². The highest BCUT2D eigenvalue weighted by molar-refractivity contribution is 7.14. The summed E-state index contributed by atoms with van der Waals surface area (Å²) in [6.07, 6.45) is 1.45. The lowest BCUT2D eigenvalue weighted by Crippen LogP contribution is -2.26. The third kappa shape index (κ3) is 7.22. The number of aryl methyl sites for hydroxylation is 2. The number of hydrogen-bond donors (Lipinski definition) is 1. The number of nitrogens with zero attached hydrogens (tertiary/aromatic N) is 1. The highest BCUT2D eigenvalue weighted by Gasteiger charge is 2.12. The summed E-state index contributed by atoms with van der Waals surface area (Å²) in [7, 11) is 0. The first kappa shape index (κ1) is 23.0. The molecule has 0 unspecified atom stereocenters. The van der Waals surface area contributed by atoms with Crippen molar-refractivity contribution in [2.45, 2.75) is 46.0 Å². The number of ketones is 2. The normalized spacial score (nSPS) is 10.8. The summed E-state index contributed by atoms with van der Waals surface area (Å²) in [5, 5.41) is 5.95. The Labute approximate surface area is 190 Å². The molecule has 1 N–H and O–H groups in total. The minimum Gasteiger partial charge on any atom is -0.356 e. The van der Waals surface area contributed by atoms with Crippen LogP contribution in [0.3, 0.4) is 0 Å². The van der Waals surface area contributed by atoms with E-state index in [1.54, 1.807) is 17.4 Å². The Bertz CT molecular complexity index is 1050. The summed E-state index contributed by atoms with van der Waals surface area (Å²) in [5.74, 6) is -0.195. The second kappa shape index (κ2) is 11.1. The Balaban J connectivity index is 1.32. The quantitative estimate of drug-likeness (QED) is 0.406. The highest BCUT2D eigenvalue weighted by Crippen LogP contribution is 2.22. The van der Waals surface area contributed by atoms with Crippen LogP contribution in [-0.2, 0) is 16.0 Å². The Kier molecular flexibility index (Phi) is 8.26. The summed E-state index contributed by atoms with van der Waals surface area (Å²) in [6.45, 7) is 4.46. The minimum absolute atomic E-state index is 0.00756. The molecule has 7 heteroatoms. The molecule has 1 amide bonds. The number of aromatic nitrogens is 1. The molecule has 0 bridgehead atoms. The number of carbonyl (C=O) groups is 3. The molecule has 1 aromatic carbocycles. The number of benzene rings is 1. The maximum absolute atomic E-state index is 12.1. The number of hydrogen-bond acceptors (Lipinski definition) is 6. The van der Waals surface area contributed by atoms with Gasteiger partial charge in [0, 0.05) is 48.0 Å². The summed E-state index contributed by atoms with van der Waals surface area (Å²) in [6, 6.07) is 11.9. The van der Waals surface area contributed by atoms with Gasteiger partial charge >= 0.3 is 0 Å². The molecule has 2 aromatic heterocycles. The number of Topliss-reactive ketones (excluding diaryl/α,β-unsaturated/α-hetero) is 2. The zero-order chi connectivity index (χ0) is 22.2. The molecule has 0 fully saturated rings. The van der Waals surface area contributed by atoms with Crippen LogP contribution in [0.5, 0.6) is 0 Å². The number of nitrogens with one attached hydrogen (secondary N) is 1. The van der Waals surface area contributed by atoms with Crippen LogP contribution in [0.4, 0.5) is 0 Å². The number of carbonyl (C=O) groups excluding carboxylic acids is 3. The fourth-order valence-electron chi connectivity index (χ4n) is 3.11. The lowest BCUT2D eigenvalue weighted by Gasteiger charge is -2.06. The first-order valence-electron chi connectivity index (χ1n) is 10.3. The van der Waals surface area contributed by atoms with E-state index in [-0.39, 0.29) is 43.2 Å². The van der Waals surface area contributed by atoms with Crippen molar-refractivity contribution in [2.75, 3.05) is 6.54 Å². The second-order valence-electron chi connectivity index (χ2n) is 7.42. The first-order valence-corrected chi connectivity index (χ1v) is 12.0. The predicted octanol–water partition coefficient (Wildman–Crippen LogP) is 5.16. The Morgan fingerprint density at radius 3 is 2.32 bits per heavy atom. The standard InChI is InChI=1S/C24H26N2O3S2/c1-16-3-11-23(31-16)22(28)10-8-20(27)9-12-24(29)25-14-13-18-4-6-19(7-5-18)21-15-30-17(2)26-21/h3-7,11,15H,8-10,12-14H2,1-2H3,(H,25,29). The maximum atomic E-state index is 12.1. The van der Waals surface area contributed by atoms with Gasteiger partial charge in [-0.1, -0.05) is 24.3 Å². The van der Waals surface area contributed by atoms with Crippen molar-refractivity contribution >= 4 is 40.1 Å². The van der Waals surface area contributed by atoms with Crippen molar-refractivity contribution in [3.8, 4) is 11.3 Å². The summed E-state index contributed by atoms with van der Waals surface area (Å²) >= 11 is 3.08. The third-order valence-corrected chi connectivity index (χ3v) is 6.70. The van der Waals surface area contributed by atoms with E-state index in [0.29, 0.717) is 11.4 Å². The second-order valence-corrected chi connectivity index (χ2v) is 9.77. The molecule has 0 aliphatic rings. The number of rotatable bonds is 11. The topological polar surface area (TPSA) is 76.1 Å². The molecule has 3 aromatic rings. The van der Waals surface area contributed by atoms with Gasteiger partial charge in [-0.2, -0.15) is 0 Å². The molecule has 0 saturated heterocycles. The van der Waals surface area contributed by atoms with Gasteiger partial charge in [-0.25, -0.2) is 4.98 Å². The van der Waals surface area contributed by atoms with E-state index < -0.39 is 0 Å². The Morgan fingerprint density at radius 2 is 1.68 bits per heavy atom. The molecule has 2 heterocycles. The first-order chi connectivity index (χ1) is 14.9. The van der Waals surface area contributed by atoms with Crippen molar-refractivity contribution in [3.05, 3.63) is 62.1 Å². The van der Waals surface area contributed by atoms with Gasteiger partial charge in [0.05, 0.1) is 15.6 Å². The van der Waals surface area contributed by atoms with E-state index in [4.69, 9.17) is 0 Å². The zero-order valence-corrected chi connectivity index (χ0v) is 19.4. The number of thiazole rings is 1. The average molecular weight is 455 g/mol. The lowest BCUT2D eigenvalue weighted by atomic mass is 10.1.